The minimum atomic E-state index is -0.187. The SMILES string of the molecule is CC(=O)N1CCN(C(=O)CCN(C(C)=O)c2cc(Cl)cc(Cl)c2)CC1. The van der Waals surface area contributed by atoms with E-state index in [2.05, 4.69) is 0 Å². The van der Waals surface area contributed by atoms with Crippen molar-refractivity contribution < 1.29 is 14.4 Å². The van der Waals surface area contributed by atoms with Crippen molar-refractivity contribution >= 4 is 46.6 Å². The molecule has 0 aromatic heterocycles. The van der Waals surface area contributed by atoms with Gasteiger partial charge in [-0.05, 0) is 18.2 Å². The van der Waals surface area contributed by atoms with Gasteiger partial charge in [-0.15, -0.1) is 0 Å². The van der Waals surface area contributed by atoms with Crippen LogP contribution >= 0.6 is 23.2 Å². The topological polar surface area (TPSA) is 60.9 Å². The van der Waals surface area contributed by atoms with E-state index in [0.29, 0.717) is 41.9 Å². The number of amides is 3. The highest BCUT2D eigenvalue weighted by molar-refractivity contribution is 6.35. The molecule has 2 rings (SSSR count). The molecule has 0 saturated carbocycles. The number of carbonyl (C=O) groups is 3. The van der Waals surface area contributed by atoms with Gasteiger partial charge in [0.25, 0.3) is 0 Å². The molecular weight excluding hydrogens is 365 g/mol. The highest BCUT2D eigenvalue weighted by Crippen LogP contribution is 2.26. The minimum Gasteiger partial charge on any atom is -0.339 e. The van der Waals surface area contributed by atoms with Crippen molar-refractivity contribution in [2.24, 2.45) is 0 Å². The van der Waals surface area contributed by atoms with Crippen LogP contribution in [0.25, 0.3) is 0 Å². The van der Waals surface area contributed by atoms with E-state index < -0.39 is 0 Å². The molecule has 1 saturated heterocycles. The van der Waals surface area contributed by atoms with E-state index in [1.165, 1.54) is 18.7 Å². The molecule has 6 nitrogen and oxygen atoms in total. The first-order chi connectivity index (χ1) is 11.8. The zero-order chi connectivity index (χ0) is 18.6. The van der Waals surface area contributed by atoms with E-state index >= 15 is 0 Å². The zero-order valence-corrected chi connectivity index (χ0v) is 15.8. The summed E-state index contributed by atoms with van der Waals surface area (Å²) >= 11 is 12.0. The summed E-state index contributed by atoms with van der Waals surface area (Å²) in [5.74, 6) is -0.206. The number of hydrogen-bond donors (Lipinski definition) is 0. The van der Waals surface area contributed by atoms with Gasteiger partial charge in [0.2, 0.25) is 17.7 Å². The predicted molar refractivity (Wildman–Crippen MR) is 97.9 cm³/mol. The molecule has 3 amide bonds. The second kappa shape index (κ2) is 8.54. The predicted octanol–water partition coefficient (Wildman–Crippen LogP) is 2.43. The van der Waals surface area contributed by atoms with Crippen LogP contribution in [0.5, 0.6) is 0 Å². The lowest BCUT2D eigenvalue weighted by molar-refractivity contribution is -0.138. The summed E-state index contributed by atoms with van der Waals surface area (Å²) in [6, 6.07) is 4.88. The molecule has 1 aromatic carbocycles. The Balaban J connectivity index is 1.96. The number of piperazine rings is 1. The molecule has 8 heteroatoms. The van der Waals surface area contributed by atoms with Crippen LogP contribution in [0.4, 0.5) is 5.69 Å². The van der Waals surface area contributed by atoms with Gasteiger partial charge in [0.15, 0.2) is 0 Å². The Kier molecular flexibility index (Phi) is 6.67. The highest BCUT2D eigenvalue weighted by Gasteiger charge is 2.23. The molecule has 1 fully saturated rings. The van der Waals surface area contributed by atoms with E-state index in [1.807, 2.05) is 0 Å². The monoisotopic (exact) mass is 385 g/mol. The second-order valence-corrected chi connectivity index (χ2v) is 6.81. The molecule has 1 aliphatic heterocycles. The molecule has 1 heterocycles. The Morgan fingerprint density at radius 2 is 1.48 bits per heavy atom. The standard InChI is InChI=1S/C17H21Cl2N3O3/c1-12(23)20-5-7-21(8-6-20)17(25)3-4-22(13(2)24)16-10-14(18)9-15(19)11-16/h9-11H,3-8H2,1-2H3. The van der Waals surface area contributed by atoms with Crippen molar-refractivity contribution in [2.75, 3.05) is 37.6 Å². The fourth-order valence-corrected chi connectivity index (χ4v) is 3.31. The average molecular weight is 386 g/mol. The molecule has 0 unspecified atom stereocenters. The van der Waals surface area contributed by atoms with Crippen molar-refractivity contribution in [3.63, 3.8) is 0 Å². The van der Waals surface area contributed by atoms with E-state index in [-0.39, 0.29) is 30.7 Å². The van der Waals surface area contributed by atoms with Crippen molar-refractivity contribution in [1.82, 2.24) is 9.80 Å². The number of anilines is 1. The summed E-state index contributed by atoms with van der Waals surface area (Å²) < 4.78 is 0. The molecule has 0 spiro atoms. The van der Waals surface area contributed by atoms with E-state index in [1.54, 1.807) is 28.0 Å². The highest BCUT2D eigenvalue weighted by atomic mass is 35.5. The first-order valence-electron chi connectivity index (χ1n) is 8.05. The largest absolute Gasteiger partial charge is 0.339 e. The number of benzene rings is 1. The van der Waals surface area contributed by atoms with Gasteiger partial charge in [-0.25, -0.2) is 0 Å². The van der Waals surface area contributed by atoms with Gasteiger partial charge in [-0.2, -0.15) is 0 Å². The van der Waals surface area contributed by atoms with Crippen molar-refractivity contribution in [3.05, 3.63) is 28.2 Å². The van der Waals surface area contributed by atoms with Crippen LogP contribution in [0.3, 0.4) is 0 Å². The van der Waals surface area contributed by atoms with Gasteiger partial charge in [0.05, 0.1) is 0 Å². The molecule has 0 bridgehead atoms. The third-order valence-corrected chi connectivity index (χ3v) is 4.60. The minimum absolute atomic E-state index is 0.0210. The van der Waals surface area contributed by atoms with Gasteiger partial charge in [0.1, 0.15) is 0 Å². The molecule has 0 atom stereocenters. The van der Waals surface area contributed by atoms with Gasteiger partial charge in [-0.3, -0.25) is 14.4 Å². The molecule has 0 radical (unpaired) electrons. The number of nitrogens with zero attached hydrogens (tertiary/aromatic N) is 3. The molecule has 0 aliphatic carbocycles. The number of carbonyl (C=O) groups excluding carboxylic acids is 3. The van der Waals surface area contributed by atoms with E-state index in [0.717, 1.165) is 0 Å². The molecule has 25 heavy (non-hydrogen) atoms. The van der Waals surface area contributed by atoms with Crippen molar-refractivity contribution in [3.8, 4) is 0 Å². The smallest absolute Gasteiger partial charge is 0.224 e. The lowest BCUT2D eigenvalue weighted by Crippen LogP contribution is -2.50. The number of hydrogen-bond acceptors (Lipinski definition) is 3. The van der Waals surface area contributed by atoms with Crippen molar-refractivity contribution in [1.29, 1.82) is 0 Å². The van der Waals surface area contributed by atoms with Crippen LogP contribution in [-0.4, -0.2) is 60.2 Å². The lowest BCUT2D eigenvalue weighted by atomic mass is 10.2. The first-order valence-corrected chi connectivity index (χ1v) is 8.81. The molecular formula is C17H21Cl2N3O3. The number of rotatable bonds is 4. The Morgan fingerprint density at radius 3 is 1.96 bits per heavy atom. The van der Waals surface area contributed by atoms with Crippen LogP contribution < -0.4 is 4.90 Å². The molecule has 1 aromatic rings. The summed E-state index contributed by atoms with van der Waals surface area (Å²) in [5, 5.41) is 0.862. The summed E-state index contributed by atoms with van der Waals surface area (Å²) in [5.41, 5.74) is 0.569. The summed E-state index contributed by atoms with van der Waals surface area (Å²) in [6.07, 6.45) is 0.198. The maximum absolute atomic E-state index is 12.4. The van der Waals surface area contributed by atoms with Crippen LogP contribution in [0.1, 0.15) is 20.3 Å². The summed E-state index contributed by atoms with van der Waals surface area (Å²) in [7, 11) is 0. The Hall–Kier alpha value is -1.79. The molecule has 0 N–H and O–H groups in total. The lowest BCUT2D eigenvalue weighted by Gasteiger charge is -2.34. The second-order valence-electron chi connectivity index (χ2n) is 5.94. The third-order valence-electron chi connectivity index (χ3n) is 4.17. The Bertz CT molecular complexity index is 653. The number of halogens is 2. The average Bonchev–Trinajstić information content (AvgIpc) is 2.53. The first kappa shape index (κ1) is 19.5. The maximum Gasteiger partial charge on any atom is 0.224 e. The Morgan fingerprint density at radius 1 is 0.960 bits per heavy atom. The van der Waals surface area contributed by atoms with Gasteiger partial charge < -0.3 is 14.7 Å². The molecule has 136 valence electrons. The van der Waals surface area contributed by atoms with Crippen molar-refractivity contribution in [2.45, 2.75) is 20.3 Å². The van der Waals surface area contributed by atoms with Crippen LogP contribution in [-0.2, 0) is 14.4 Å². The molecule has 1 aliphatic rings. The van der Waals surface area contributed by atoms with Gasteiger partial charge in [0, 0.05) is 68.7 Å². The van der Waals surface area contributed by atoms with E-state index in [9.17, 15) is 14.4 Å². The van der Waals surface area contributed by atoms with E-state index in [4.69, 9.17) is 23.2 Å². The van der Waals surface area contributed by atoms with Crippen LogP contribution in [0.15, 0.2) is 18.2 Å². The normalized spacial score (nSPS) is 14.4. The summed E-state index contributed by atoms with van der Waals surface area (Å²) in [6.45, 7) is 5.33. The summed E-state index contributed by atoms with van der Waals surface area (Å²) in [4.78, 5) is 40.6. The quantitative estimate of drug-likeness (QED) is 0.799. The van der Waals surface area contributed by atoms with Crippen LogP contribution in [0, 0.1) is 0 Å². The fraction of sp³-hybridized carbons (Fsp3) is 0.471. The maximum atomic E-state index is 12.4. The van der Waals surface area contributed by atoms with Gasteiger partial charge >= 0.3 is 0 Å². The van der Waals surface area contributed by atoms with Gasteiger partial charge in [-0.1, -0.05) is 23.2 Å². The zero-order valence-electron chi connectivity index (χ0n) is 14.3. The third kappa shape index (κ3) is 5.34. The Labute approximate surface area is 157 Å². The van der Waals surface area contributed by atoms with Crippen LogP contribution in [0.2, 0.25) is 10.0 Å². The fourth-order valence-electron chi connectivity index (χ4n) is 2.80.